The van der Waals surface area contributed by atoms with E-state index < -0.39 is 53.7 Å². The number of para-hydroxylation sites is 1. The van der Waals surface area contributed by atoms with E-state index in [-0.39, 0.29) is 65.2 Å². The van der Waals surface area contributed by atoms with Crippen molar-refractivity contribution in [2.24, 2.45) is 5.73 Å². The van der Waals surface area contributed by atoms with E-state index in [0.717, 1.165) is 22.0 Å². The van der Waals surface area contributed by atoms with E-state index in [1.54, 1.807) is 6.20 Å². The summed E-state index contributed by atoms with van der Waals surface area (Å²) >= 11 is 0. The zero-order valence-electron chi connectivity index (χ0n) is 29.4. The molecule has 282 valence electrons. The highest BCUT2D eigenvalue weighted by molar-refractivity contribution is 5.96. The maximum Gasteiger partial charge on any atom is 0.246 e. The van der Waals surface area contributed by atoms with Crippen LogP contribution in [0.25, 0.3) is 10.9 Å². The molecule has 1 fully saturated rings. The summed E-state index contributed by atoms with van der Waals surface area (Å²) in [5, 5.41) is 14.9. The molecule has 1 saturated heterocycles. The number of H-pyrrole nitrogens is 2. The third kappa shape index (κ3) is 11.7. The molecule has 0 bridgehead atoms. The SMILES string of the molecule is NCCC[C@@H]1NC(=O)[C@@H](Cc2ccccc2)NC(=O)[C@H](Cc2cnc[nH]2)NC(=O)COCCOCCNC(=O)[C@H](Cc2c[nH]c3ccccc23)NC1=O. The minimum Gasteiger partial charge on any atom is -0.377 e. The maximum absolute atomic E-state index is 14.1. The first-order chi connectivity index (χ1) is 25.8. The molecule has 0 unspecified atom stereocenters. The van der Waals surface area contributed by atoms with Crippen LogP contribution in [0.15, 0.2) is 73.3 Å². The first-order valence-electron chi connectivity index (χ1n) is 17.7. The van der Waals surface area contributed by atoms with Crippen molar-refractivity contribution in [2.75, 3.05) is 39.5 Å². The van der Waals surface area contributed by atoms with Gasteiger partial charge in [-0.2, -0.15) is 0 Å². The number of benzene rings is 2. The van der Waals surface area contributed by atoms with Crippen LogP contribution in [0, 0.1) is 0 Å². The Morgan fingerprint density at radius 3 is 2.13 bits per heavy atom. The predicted molar refractivity (Wildman–Crippen MR) is 195 cm³/mol. The van der Waals surface area contributed by atoms with Gasteiger partial charge in [-0.1, -0.05) is 48.5 Å². The molecule has 2 aromatic heterocycles. The second kappa shape index (κ2) is 19.9. The quantitative estimate of drug-likeness (QED) is 0.113. The standard InChI is InChI=1S/C37H47N9O7/c38-12-6-11-29-35(49)46-31(18-25-20-41-28-10-5-4-9-27(25)28)34(48)40-13-14-52-15-16-53-22-33(47)43-32(19-26-21-39-23-42-26)37(51)45-30(36(50)44-29)17-24-7-2-1-3-8-24/h1-5,7-10,20-21,23,29-32,41H,6,11-19,22,38H2,(H,39,42)(H,40,48)(H,43,47)(H,44,50)(H,45,51)(H,46,49)/t29-,30+,31-,32-/m0/s1. The van der Waals surface area contributed by atoms with Crippen LogP contribution in [0.4, 0.5) is 0 Å². The number of nitrogens with two attached hydrogens (primary N) is 1. The van der Waals surface area contributed by atoms with Gasteiger partial charge in [0.25, 0.3) is 0 Å². The van der Waals surface area contributed by atoms with Gasteiger partial charge in [0.05, 0.1) is 26.1 Å². The lowest BCUT2D eigenvalue weighted by atomic mass is 10.0. The molecular weight excluding hydrogens is 682 g/mol. The molecule has 5 amide bonds. The summed E-state index contributed by atoms with van der Waals surface area (Å²) in [5.41, 5.74) is 8.86. The summed E-state index contributed by atoms with van der Waals surface area (Å²) in [6, 6.07) is 12.4. The van der Waals surface area contributed by atoms with Crippen LogP contribution in [0.2, 0.25) is 0 Å². The van der Waals surface area contributed by atoms with E-state index in [9.17, 15) is 24.0 Å². The fourth-order valence-electron chi connectivity index (χ4n) is 6.01. The molecule has 5 rings (SSSR count). The highest BCUT2D eigenvalue weighted by atomic mass is 16.5. The van der Waals surface area contributed by atoms with Crippen molar-refractivity contribution in [3.05, 3.63) is 90.1 Å². The summed E-state index contributed by atoms with van der Waals surface area (Å²) in [4.78, 5) is 78.5. The Morgan fingerprint density at radius 1 is 0.698 bits per heavy atom. The Hall–Kier alpha value is -5.58. The Kier molecular flexibility index (Phi) is 14.5. The number of nitrogens with zero attached hydrogens (tertiary/aromatic N) is 1. The molecular formula is C37H47N9O7. The average molecular weight is 730 g/mol. The predicted octanol–water partition coefficient (Wildman–Crippen LogP) is -0.240. The highest BCUT2D eigenvalue weighted by Gasteiger charge is 2.32. The highest BCUT2D eigenvalue weighted by Crippen LogP contribution is 2.19. The van der Waals surface area contributed by atoms with Gasteiger partial charge in [-0.25, -0.2) is 4.98 Å². The molecule has 4 atom stereocenters. The van der Waals surface area contributed by atoms with Gasteiger partial charge in [0.2, 0.25) is 29.5 Å². The van der Waals surface area contributed by atoms with E-state index in [2.05, 4.69) is 41.5 Å². The number of fused-ring (bicyclic) bond motifs is 1. The minimum absolute atomic E-state index is 0.0563. The Bertz CT molecular complexity index is 1800. The number of carbonyl (C=O) groups is 5. The van der Waals surface area contributed by atoms with E-state index in [4.69, 9.17) is 15.2 Å². The number of amides is 5. The van der Waals surface area contributed by atoms with Gasteiger partial charge in [0.15, 0.2) is 0 Å². The molecule has 3 heterocycles. The van der Waals surface area contributed by atoms with Gasteiger partial charge >= 0.3 is 0 Å². The third-order valence-corrected chi connectivity index (χ3v) is 8.76. The molecule has 2 aromatic carbocycles. The lowest BCUT2D eigenvalue weighted by Crippen LogP contribution is -2.59. The number of hydrogen-bond acceptors (Lipinski definition) is 9. The van der Waals surface area contributed by atoms with Crippen molar-refractivity contribution in [1.82, 2.24) is 41.5 Å². The molecule has 16 nitrogen and oxygen atoms in total. The van der Waals surface area contributed by atoms with Crippen LogP contribution in [-0.2, 0) is 52.7 Å². The normalized spacial score (nSPS) is 21.8. The van der Waals surface area contributed by atoms with E-state index in [1.807, 2.05) is 54.6 Å². The molecule has 0 aliphatic carbocycles. The fraction of sp³-hybridized carbons (Fsp3) is 0.405. The van der Waals surface area contributed by atoms with Crippen LogP contribution < -0.4 is 32.3 Å². The monoisotopic (exact) mass is 729 g/mol. The Balaban J connectivity index is 1.42. The number of hydrogen-bond donors (Lipinski definition) is 8. The molecule has 16 heteroatoms. The number of aromatic amines is 2. The Labute approximate surface area is 306 Å². The van der Waals surface area contributed by atoms with Crippen molar-refractivity contribution >= 4 is 40.4 Å². The number of carbonyl (C=O) groups excluding carboxylic acids is 5. The van der Waals surface area contributed by atoms with Crippen LogP contribution in [0.5, 0.6) is 0 Å². The lowest BCUT2D eigenvalue weighted by molar-refractivity contribution is -0.135. The number of imidazole rings is 1. The topological polar surface area (TPSA) is 234 Å². The molecule has 53 heavy (non-hydrogen) atoms. The largest absolute Gasteiger partial charge is 0.377 e. The molecule has 0 spiro atoms. The molecule has 4 aromatic rings. The summed E-state index contributed by atoms with van der Waals surface area (Å²) in [6.07, 6.45) is 5.67. The Morgan fingerprint density at radius 2 is 1.38 bits per heavy atom. The van der Waals surface area contributed by atoms with Crippen molar-refractivity contribution in [3.63, 3.8) is 0 Å². The fourth-order valence-corrected chi connectivity index (χ4v) is 6.01. The van der Waals surface area contributed by atoms with Crippen molar-refractivity contribution in [1.29, 1.82) is 0 Å². The first-order valence-corrected chi connectivity index (χ1v) is 17.7. The van der Waals surface area contributed by atoms with Crippen LogP contribution in [-0.4, -0.2) is 108 Å². The first kappa shape index (κ1) is 38.6. The van der Waals surface area contributed by atoms with Crippen LogP contribution in [0.3, 0.4) is 0 Å². The minimum atomic E-state index is -1.15. The molecule has 1 aliphatic rings. The molecule has 0 saturated carbocycles. The zero-order chi connectivity index (χ0) is 37.4. The average Bonchev–Trinajstić information content (AvgIpc) is 3.83. The van der Waals surface area contributed by atoms with Gasteiger partial charge in [0.1, 0.15) is 30.8 Å². The number of rotatable bonds is 9. The lowest BCUT2D eigenvalue weighted by Gasteiger charge is -2.26. The third-order valence-electron chi connectivity index (χ3n) is 8.76. The molecule has 1 aliphatic heterocycles. The van der Waals surface area contributed by atoms with E-state index in [0.29, 0.717) is 12.1 Å². The number of nitrogens with one attached hydrogen (secondary N) is 7. The van der Waals surface area contributed by atoms with Gasteiger partial charge < -0.3 is 51.8 Å². The van der Waals surface area contributed by atoms with E-state index >= 15 is 0 Å². The second-order valence-corrected chi connectivity index (χ2v) is 12.7. The second-order valence-electron chi connectivity index (χ2n) is 12.7. The van der Waals surface area contributed by atoms with Crippen molar-refractivity contribution < 1.29 is 33.4 Å². The summed E-state index contributed by atoms with van der Waals surface area (Å²) in [7, 11) is 0. The van der Waals surface area contributed by atoms with Crippen LogP contribution in [0.1, 0.15) is 29.7 Å². The smallest absolute Gasteiger partial charge is 0.246 e. The maximum atomic E-state index is 14.1. The van der Waals surface area contributed by atoms with Crippen molar-refractivity contribution in [3.8, 4) is 0 Å². The van der Waals surface area contributed by atoms with Gasteiger partial charge in [-0.3, -0.25) is 24.0 Å². The number of ether oxygens (including phenoxy) is 2. The summed E-state index contributed by atoms with van der Waals surface area (Å²) < 4.78 is 11.0. The number of aromatic nitrogens is 3. The van der Waals surface area contributed by atoms with Gasteiger partial charge in [-0.05, 0) is 36.6 Å². The molecule has 9 N–H and O–H groups in total. The van der Waals surface area contributed by atoms with Crippen molar-refractivity contribution in [2.45, 2.75) is 56.3 Å². The van der Waals surface area contributed by atoms with Gasteiger partial charge in [-0.15, -0.1) is 0 Å². The van der Waals surface area contributed by atoms with E-state index in [1.165, 1.54) is 12.5 Å². The summed E-state index contributed by atoms with van der Waals surface area (Å²) in [6.45, 7) is 0.446. The van der Waals surface area contributed by atoms with Crippen LogP contribution >= 0.6 is 0 Å². The summed E-state index contributed by atoms with van der Waals surface area (Å²) in [5.74, 6) is -2.83. The zero-order valence-corrected chi connectivity index (χ0v) is 29.4. The van der Waals surface area contributed by atoms with Gasteiger partial charge in [0, 0.05) is 54.8 Å². The molecule has 0 radical (unpaired) electrons.